The van der Waals surface area contributed by atoms with Gasteiger partial charge in [0, 0.05) is 29.4 Å². The van der Waals surface area contributed by atoms with Crippen LogP contribution in [0.5, 0.6) is 11.5 Å². The van der Waals surface area contributed by atoms with Crippen LogP contribution in [-0.4, -0.2) is 86.3 Å². The summed E-state index contributed by atoms with van der Waals surface area (Å²) in [7, 11) is 1.65. The van der Waals surface area contributed by atoms with Crippen LogP contribution in [0.2, 0.25) is 0 Å². The maximum atomic E-state index is 10.3. The van der Waals surface area contributed by atoms with E-state index in [-0.39, 0.29) is 18.1 Å². The molecule has 2 aliphatic rings. The lowest BCUT2D eigenvalue weighted by Crippen LogP contribution is -2.34. The third-order valence-corrected chi connectivity index (χ3v) is 6.68. The van der Waals surface area contributed by atoms with E-state index in [0.29, 0.717) is 18.8 Å². The quantitative estimate of drug-likeness (QED) is 0.290. The van der Waals surface area contributed by atoms with Crippen LogP contribution in [0.1, 0.15) is 55.2 Å². The maximum Gasteiger partial charge on any atom is 0.333 e. The Balaban J connectivity index is 0.000000364. The van der Waals surface area contributed by atoms with Gasteiger partial charge in [-0.1, -0.05) is 11.8 Å². The van der Waals surface area contributed by atoms with Crippen LogP contribution in [0, 0.1) is 0 Å². The van der Waals surface area contributed by atoms with Crippen LogP contribution in [0.4, 0.5) is 0 Å². The zero-order valence-electron chi connectivity index (χ0n) is 20.8. The number of carboxylic acids is 2. The topological polar surface area (TPSA) is 172 Å². The summed E-state index contributed by atoms with van der Waals surface area (Å²) in [6.45, 7) is 2.53. The van der Waals surface area contributed by atoms with Crippen LogP contribution in [-0.2, 0) is 9.59 Å². The second-order valence-corrected chi connectivity index (χ2v) is 9.33. The lowest BCUT2D eigenvalue weighted by atomic mass is 9.74. The van der Waals surface area contributed by atoms with Gasteiger partial charge in [0.05, 0.1) is 38.0 Å². The second-order valence-electron chi connectivity index (χ2n) is 8.55. The first-order valence-corrected chi connectivity index (χ1v) is 13.0. The van der Waals surface area contributed by atoms with Crippen molar-refractivity contribution in [3.63, 3.8) is 0 Å². The van der Waals surface area contributed by atoms with Gasteiger partial charge in [0.25, 0.3) is 0 Å². The molecule has 4 rings (SSSR count). The number of carboxylic acid groups (broad SMARTS) is 2. The number of aliphatic imine (C=N–C) groups is 1. The van der Waals surface area contributed by atoms with Crippen LogP contribution in [0.25, 0.3) is 0 Å². The third kappa shape index (κ3) is 6.96. The van der Waals surface area contributed by atoms with Crippen molar-refractivity contribution in [3.05, 3.63) is 41.2 Å². The smallest absolute Gasteiger partial charge is 0.333 e. The van der Waals surface area contributed by atoms with E-state index < -0.39 is 24.5 Å². The summed E-state index contributed by atoms with van der Waals surface area (Å²) in [6.07, 6.45) is 5.17. The van der Waals surface area contributed by atoms with Crippen molar-refractivity contribution in [2.45, 2.75) is 61.9 Å². The van der Waals surface area contributed by atoms with E-state index in [9.17, 15) is 14.7 Å². The molecule has 0 saturated heterocycles. The molecule has 1 aromatic carbocycles. The van der Waals surface area contributed by atoms with Gasteiger partial charge in [-0.2, -0.15) is 0 Å². The number of fused-ring (bicyclic) bond motifs is 3. The van der Waals surface area contributed by atoms with Crippen molar-refractivity contribution in [2.24, 2.45) is 4.99 Å². The number of methoxy groups -OCH3 is 1. The Bertz CT molecular complexity index is 1140. The molecule has 37 heavy (non-hydrogen) atoms. The van der Waals surface area contributed by atoms with Gasteiger partial charge in [0.1, 0.15) is 0 Å². The Labute approximate surface area is 218 Å². The average Bonchev–Trinajstić information content (AvgIpc) is 2.88. The predicted octanol–water partition coefficient (Wildman–Crippen LogP) is 2.36. The van der Waals surface area contributed by atoms with Crippen LogP contribution < -0.4 is 9.47 Å². The Morgan fingerprint density at radius 1 is 1.16 bits per heavy atom. The molecule has 1 aromatic heterocycles. The Morgan fingerprint density at radius 2 is 1.86 bits per heavy atom. The monoisotopic (exact) mass is 533 g/mol. The van der Waals surface area contributed by atoms with Gasteiger partial charge in [-0.25, -0.2) is 14.8 Å². The SMILES string of the molecule is CCOc1cc2c(cc1OC)C(c1cnc(SC)nc1)=N[C@@H]1CC[C@@H](O)C[C@H]21.O=C(O)C[C@@H](O)C(=O)O. The second kappa shape index (κ2) is 12.8. The molecule has 4 atom stereocenters. The Morgan fingerprint density at radius 3 is 2.41 bits per heavy atom. The minimum atomic E-state index is -1.79. The number of aliphatic hydroxyl groups is 2. The highest BCUT2D eigenvalue weighted by molar-refractivity contribution is 7.98. The molecule has 200 valence electrons. The highest BCUT2D eigenvalue weighted by Gasteiger charge is 2.37. The summed E-state index contributed by atoms with van der Waals surface area (Å²) in [6, 6.07) is 4.21. The number of ether oxygens (including phenoxy) is 2. The molecule has 0 unspecified atom stereocenters. The van der Waals surface area contributed by atoms with Crippen LogP contribution in [0.15, 0.2) is 34.7 Å². The normalized spacial score (nSPS) is 20.8. The van der Waals surface area contributed by atoms with E-state index in [1.54, 1.807) is 7.11 Å². The number of aliphatic carboxylic acids is 2. The maximum absolute atomic E-state index is 10.3. The first-order chi connectivity index (χ1) is 17.7. The van der Waals surface area contributed by atoms with Crippen molar-refractivity contribution in [3.8, 4) is 11.5 Å². The van der Waals surface area contributed by atoms with E-state index in [2.05, 4.69) is 16.0 Å². The summed E-state index contributed by atoms with van der Waals surface area (Å²) < 4.78 is 11.4. The molecule has 12 heteroatoms. The van der Waals surface area contributed by atoms with Gasteiger partial charge >= 0.3 is 11.9 Å². The van der Waals surface area contributed by atoms with Crippen LogP contribution in [0.3, 0.4) is 0 Å². The number of carbonyl (C=O) groups is 2. The summed E-state index contributed by atoms with van der Waals surface area (Å²) in [5, 5.41) is 35.1. The van der Waals surface area contributed by atoms with E-state index in [1.807, 2.05) is 31.6 Å². The van der Waals surface area contributed by atoms with E-state index >= 15 is 0 Å². The zero-order valence-corrected chi connectivity index (χ0v) is 21.6. The van der Waals surface area contributed by atoms with Gasteiger partial charge in [0.2, 0.25) is 0 Å². The van der Waals surface area contributed by atoms with Gasteiger partial charge in [-0.15, -0.1) is 0 Å². The number of aliphatic hydroxyl groups excluding tert-OH is 2. The average molecular weight is 534 g/mol. The molecule has 11 nitrogen and oxygen atoms in total. The Kier molecular flexibility index (Phi) is 9.84. The molecule has 2 heterocycles. The fourth-order valence-electron chi connectivity index (χ4n) is 4.40. The molecule has 0 bridgehead atoms. The molecule has 1 fully saturated rings. The molecule has 0 radical (unpaired) electrons. The van der Waals surface area contributed by atoms with Gasteiger partial charge in [-0.3, -0.25) is 9.79 Å². The summed E-state index contributed by atoms with van der Waals surface area (Å²) in [4.78, 5) is 33.3. The molecule has 1 aliphatic heterocycles. The van der Waals surface area contributed by atoms with Crippen molar-refractivity contribution in [1.29, 1.82) is 0 Å². The van der Waals surface area contributed by atoms with Gasteiger partial charge in [0.15, 0.2) is 22.8 Å². The van der Waals surface area contributed by atoms with E-state index in [4.69, 9.17) is 29.8 Å². The molecule has 1 saturated carbocycles. The van der Waals surface area contributed by atoms with Crippen molar-refractivity contribution in [1.82, 2.24) is 9.97 Å². The number of hydrogen-bond donors (Lipinski definition) is 4. The zero-order chi connectivity index (χ0) is 27.1. The first-order valence-electron chi connectivity index (χ1n) is 11.8. The number of hydrogen-bond acceptors (Lipinski definition) is 10. The summed E-state index contributed by atoms with van der Waals surface area (Å²) >= 11 is 1.52. The predicted molar refractivity (Wildman–Crippen MR) is 136 cm³/mol. The highest BCUT2D eigenvalue weighted by Crippen LogP contribution is 2.44. The Hall–Kier alpha value is -3.22. The molecule has 4 N–H and O–H groups in total. The molecule has 0 amide bonds. The van der Waals surface area contributed by atoms with Crippen LogP contribution >= 0.6 is 11.8 Å². The van der Waals surface area contributed by atoms with Crippen molar-refractivity contribution in [2.75, 3.05) is 20.0 Å². The van der Waals surface area contributed by atoms with Gasteiger partial charge in [-0.05, 0) is 50.1 Å². The number of benzene rings is 1. The number of aromatic nitrogens is 2. The molecule has 2 aromatic rings. The largest absolute Gasteiger partial charge is 0.493 e. The minimum absolute atomic E-state index is 0.147. The lowest BCUT2D eigenvalue weighted by molar-refractivity contribution is -0.152. The fraction of sp³-hybridized carbons (Fsp3) is 0.480. The number of thioether (sulfide) groups is 1. The number of rotatable bonds is 8. The third-order valence-electron chi connectivity index (χ3n) is 6.11. The molecular formula is C25H31N3O8S. The summed E-state index contributed by atoms with van der Waals surface area (Å²) in [5.41, 5.74) is 3.96. The molecular weight excluding hydrogens is 502 g/mol. The van der Waals surface area contributed by atoms with E-state index in [0.717, 1.165) is 46.1 Å². The van der Waals surface area contributed by atoms with E-state index in [1.165, 1.54) is 11.8 Å². The summed E-state index contributed by atoms with van der Waals surface area (Å²) in [5.74, 6) is -1.25. The minimum Gasteiger partial charge on any atom is -0.493 e. The standard InChI is InChI=1S/C21H25N3O3S.C4H6O5/c1-4-27-19-8-14-15-7-13(25)5-6-17(15)24-20(16(14)9-18(19)26-2)12-10-22-21(28-3)23-11-12;5-2(4(8)9)1-3(6)7/h8-11,13,15,17,25H,4-7H2,1-3H3;2,5H,1H2,(H,6,7)(H,8,9)/t13-,15-,17-;2-/m11/s1. The number of nitrogens with zero attached hydrogens (tertiary/aromatic N) is 3. The molecule has 1 aliphatic carbocycles. The van der Waals surface area contributed by atoms with Crippen molar-refractivity contribution >= 4 is 29.4 Å². The fourth-order valence-corrected chi connectivity index (χ4v) is 4.71. The van der Waals surface area contributed by atoms with Gasteiger partial charge < -0.3 is 29.9 Å². The highest BCUT2D eigenvalue weighted by atomic mass is 32.2. The van der Waals surface area contributed by atoms with Crippen molar-refractivity contribution < 1.29 is 39.5 Å². The lowest BCUT2D eigenvalue weighted by Gasteiger charge is -2.37. The first kappa shape index (κ1) is 28.4. The molecule has 0 spiro atoms.